The number of hydrogen-bond acceptors (Lipinski definition) is 6. The number of carbonyl (C=O) groups is 3. The summed E-state index contributed by atoms with van der Waals surface area (Å²) in [6.07, 6.45) is 82.4. The molecule has 0 amide bonds. The quantitative estimate of drug-likeness (QED) is 0.0261. The third kappa shape index (κ3) is 58.8. The number of rotatable bonds is 54. The van der Waals surface area contributed by atoms with Gasteiger partial charge in [-0.25, -0.2) is 0 Å². The lowest BCUT2D eigenvalue weighted by atomic mass is 10.0. The van der Waals surface area contributed by atoms with Gasteiger partial charge in [0, 0.05) is 19.3 Å². The minimum Gasteiger partial charge on any atom is -0.462 e. The first-order valence-electron chi connectivity index (χ1n) is 30.4. The second-order valence-electron chi connectivity index (χ2n) is 19.9. The first-order chi connectivity index (χ1) is 36.0. The van der Waals surface area contributed by atoms with Crippen LogP contribution in [0.1, 0.15) is 278 Å². The molecule has 0 rings (SSSR count). The summed E-state index contributed by atoms with van der Waals surface area (Å²) < 4.78 is 16.8. The van der Waals surface area contributed by atoms with Gasteiger partial charge < -0.3 is 14.2 Å². The molecule has 416 valence electrons. The Morgan fingerprint density at radius 3 is 0.945 bits per heavy atom. The van der Waals surface area contributed by atoms with Gasteiger partial charge in [-0.3, -0.25) is 14.4 Å². The summed E-state index contributed by atoms with van der Waals surface area (Å²) in [6, 6.07) is 0. The lowest BCUT2D eigenvalue weighted by Crippen LogP contribution is -2.30. The normalized spacial score (nSPS) is 12.9. The predicted octanol–water partition coefficient (Wildman–Crippen LogP) is 20.7. The van der Waals surface area contributed by atoms with Gasteiger partial charge >= 0.3 is 17.9 Å². The molecule has 1 atom stereocenters. The van der Waals surface area contributed by atoms with E-state index in [0.717, 1.165) is 103 Å². The fraction of sp³-hybridized carbons (Fsp3) is 0.687. The third-order valence-corrected chi connectivity index (χ3v) is 12.8. The van der Waals surface area contributed by atoms with E-state index in [-0.39, 0.29) is 37.5 Å². The molecule has 0 saturated carbocycles. The Balaban J connectivity index is 4.52. The average molecular weight is 1010 g/mol. The van der Waals surface area contributed by atoms with Crippen molar-refractivity contribution in [2.24, 2.45) is 0 Å². The van der Waals surface area contributed by atoms with Crippen LogP contribution in [0.5, 0.6) is 0 Å². The highest BCUT2D eigenvalue weighted by atomic mass is 16.6. The fourth-order valence-electron chi connectivity index (χ4n) is 8.24. The van der Waals surface area contributed by atoms with Crippen LogP contribution in [0.3, 0.4) is 0 Å². The molecule has 0 bridgehead atoms. The third-order valence-electron chi connectivity index (χ3n) is 12.8. The SMILES string of the molecule is CC/C=C/C/C=C/C/C=C/C/C=C/C/C=C/C/C=C/CCC(=O)OC[C@@H](COC(=O)CCCCCC/C=C/C/C=C/C/C=C/CCCCC)OC(=O)CCCCCCCCCCCCCCCCCCCCC. The van der Waals surface area contributed by atoms with Gasteiger partial charge in [0.15, 0.2) is 6.10 Å². The summed E-state index contributed by atoms with van der Waals surface area (Å²) in [5.41, 5.74) is 0. The summed E-state index contributed by atoms with van der Waals surface area (Å²) in [4.78, 5) is 38.2. The highest BCUT2D eigenvalue weighted by Crippen LogP contribution is 2.16. The number of unbranched alkanes of at least 4 members (excludes halogenated alkanes) is 25. The van der Waals surface area contributed by atoms with Gasteiger partial charge in [0.05, 0.1) is 0 Å². The van der Waals surface area contributed by atoms with E-state index < -0.39 is 6.10 Å². The molecule has 0 N–H and O–H groups in total. The van der Waals surface area contributed by atoms with Crippen LogP contribution in [0.15, 0.2) is 109 Å². The van der Waals surface area contributed by atoms with Crippen molar-refractivity contribution in [3.05, 3.63) is 109 Å². The molecular weight excluding hydrogens is 901 g/mol. The van der Waals surface area contributed by atoms with E-state index in [9.17, 15) is 14.4 Å². The van der Waals surface area contributed by atoms with E-state index in [0.29, 0.717) is 19.3 Å². The topological polar surface area (TPSA) is 78.9 Å². The summed E-state index contributed by atoms with van der Waals surface area (Å²) in [6.45, 7) is 6.43. The molecule has 0 fully saturated rings. The van der Waals surface area contributed by atoms with Crippen molar-refractivity contribution in [3.63, 3.8) is 0 Å². The second-order valence-corrected chi connectivity index (χ2v) is 19.9. The molecule has 0 aliphatic heterocycles. The largest absolute Gasteiger partial charge is 0.462 e. The van der Waals surface area contributed by atoms with Crippen LogP contribution >= 0.6 is 0 Å². The summed E-state index contributed by atoms with van der Waals surface area (Å²) in [5.74, 6) is -1.01. The molecule has 6 nitrogen and oxygen atoms in total. The summed E-state index contributed by atoms with van der Waals surface area (Å²) in [5, 5.41) is 0. The molecule has 0 spiro atoms. The average Bonchev–Trinajstić information content (AvgIpc) is 3.39. The second kappa shape index (κ2) is 60.6. The van der Waals surface area contributed by atoms with Gasteiger partial charge in [-0.2, -0.15) is 0 Å². The van der Waals surface area contributed by atoms with E-state index in [4.69, 9.17) is 14.2 Å². The molecule has 0 aromatic heterocycles. The summed E-state index contributed by atoms with van der Waals surface area (Å²) >= 11 is 0. The van der Waals surface area contributed by atoms with Crippen molar-refractivity contribution in [1.29, 1.82) is 0 Å². The Morgan fingerprint density at radius 1 is 0.288 bits per heavy atom. The van der Waals surface area contributed by atoms with E-state index >= 15 is 0 Å². The zero-order valence-electron chi connectivity index (χ0n) is 47.6. The molecule has 0 aromatic carbocycles. The monoisotopic (exact) mass is 1010 g/mol. The van der Waals surface area contributed by atoms with E-state index in [2.05, 4.69) is 124 Å². The molecule has 0 aliphatic rings. The van der Waals surface area contributed by atoms with E-state index in [1.54, 1.807) is 0 Å². The van der Waals surface area contributed by atoms with Crippen LogP contribution in [0.2, 0.25) is 0 Å². The first-order valence-corrected chi connectivity index (χ1v) is 30.4. The summed E-state index contributed by atoms with van der Waals surface area (Å²) in [7, 11) is 0. The number of carbonyl (C=O) groups excluding carboxylic acids is 3. The Morgan fingerprint density at radius 2 is 0.562 bits per heavy atom. The van der Waals surface area contributed by atoms with Gasteiger partial charge in [0.25, 0.3) is 0 Å². The van der Waals surface area contributed by atoms with E-state index in [1.165, 1.54) is 128 Å². The zero-order chi connectivity index (χ0) is 52.9. The van der Waals surface area contributed by atoms with Crippen LogP contribution in [-0.2, 0) is 28.6 Å². The molecule has 0 aromatic rings. The van der Waals surface area contributed by atoms with Crippen LogP contribution < -0.4 is 0 Å². The fourth-order valence-corrected chi connectivity index (χ4v) is 8.24. The van der Waals surface area contributed by atoms with Gasteiger partial charge in [-0.1, -0.05) is 271 Å². The van der Waals surface area contributed by atoms with Crippen molar-refractivity contribution in [2.75, 3.05) is 13.2 Å². The molecule has 6 heteroatoms. The molecule has 0 aliphatic carbocycles. The molecule has 0 radical (unpaired) electrons. The van der Waals surface area contributed by atoms with Crippen molar-refractivity contribution < 1.29 is 28.6 Å². The maximum absolute atomic E-state index is 12.9. The Kier molecular flexibility index (Phi) is 57.4. The molecule has 0 unspecified atom stereocenters. The molecule has 73 heavy (non-hydrogen) atoms. The van der Waals surface area contributed by atoms with Crippen molar-refractivity contribution in [1.82, 2.24) is 0 Å². The molecular formula is C67H112O6. The number of esters is 3. The highest BCUT2D eigenvalue weighted by Gasteiger charge is 2.19. The Hall–Kier alpha value is -3.93. The van der Waals surface area contributed by atoms with Gasteiger partial charge in [-0.15, -0.1) is 0 Å². The van der Waals surface area contributed by atoms with Crippen molar-refractivity contribution in [2.45, 2.75) is 284 Å². The Bertz CT molecular complexity index is 1490. The minimum absolute atomic E-state index is 0.112. The number of ether oxygens (including phenoxy) is 3. The van der Waals surface area contributed by atoms with Crippen LogP contribution in [0.25, 0.3) is 0 Å². The maximum Gasteiger partial charge on any atom is 0.306 e. The molecule has 0 heterocycles. The van der Waals surface area contributed by atoms with Crippen molar-refractivity contribution in [3.8, 4) is 0 Å². The highest BCUT2D eigenvalue weighted by molar-refractivity contribution is 5.71. The zero-order valence-corrected chi connectivity index (χ0v) is 47.6. The van der Waals surface area contributed by atoms with Crippen LogP contribution in [0, 0.1) is 0 Å². The minimum atomic E-state index is -0.819. The van der Waals surface area contributed by atoms with Gasteiger partial charge in [0.1, 0.15) is 13.2 Å². The van der Waals surface area contributed by atoms with Gasteiger partial charge in [0.2, 0.25) is 0 Å². The van der Waals surface area contributed by atoms with E-state index in [1.807, 2.05) is 6.08 Å². The lowest BCUT2D eigenvalue weighted by Gasteiger charge is -2.18. The maximum atomic E-state index is 12.9. The molecule has 0 saturated heterocycles. The number of hydrogen-bond donors (Lipinski definition) is 0. The van der Waals surface area contributed by atoms with Crippen LogP contribution in [-0.4, -0.2) is 37.2 Å². The van der Waals surface area contributed by atoms with Crippen molar-refractivity contribution >= 4 is 17.9 Å². The lowest BCUT2D eigenvalue weighted by molar-refractivity contribution is -0.166. The standard InChI is InChI=1S/C67H112O6/c1-4-7-10-13-16-19-22-25-28-31-33-36-39-42-45-48-51-54-57-60-66(69)72-63-64(62-71-65(68)59-56-53-50-47-44-41-38-35-30-27-24-21-18-15-12-9-6-3)73-67(70)61-58-55-52-49-46-43-40-37-34-32-29-26-23-20-17-14-11-8-5-2/h7,10,16,18-19,21,25,27-28,30,33,36,38,41-42,45,51,54,64H,4-6,8-9,11-15,17,20,22-24,26,29,31-32,34-35,37,39-40,43-44,46-50,52-53,55-63H2,1-3H3/b10-7+,19-16+,21-18+,28-25+,30-27+,36-33+,41-38+,45-42+,54-51+/t64-/m1/s1. The van der Waals surface area contributed by atoms with Crippen LogP contribution in [0.4, 0.5) is 0 Å². The predicted molar refractivity (Wildman–Crippen MR) is 316 cm³/mol. The van der Waals surface area contributed by atoms with Gasteiger partial charge in [-0.05, 0) is 96.3 Å². The number of allylic oxidation sites excluding steroid dienone is 18. The smallest absolute Gasteiger partial charge is 0.306 e. The first kappa shape index (κ1) is 69.1. The Labute approximate surface area is 450 Å².